The molecule has 1 N–H and O–H groups in total. The first kappa shape index (κ1) is 14.6. The molecule has 3 nitrogen and oxygen atoms in total. The summed E-state index contributed by atoms with van der Waals surface area (Å²) in [7, 11) is 0. The normalized spacial score (nSPS) is 17.3. The molecule has 1 aromatic heterocycles. The fraction of sp³-hybridized carbons (Fsp3) is 0.812. The molecule has 0 spiro atoms. The van der Waals surface area contributed by atoms with Crippen LogP contribution >= 0.6 is 0 Å². The van der Waals surface area contributed by atoms with Gasteiger partial charge in [-0.1, -0.05) is 12.8 Å². The third kappa shape index (κ3) is 3.59. The summed E-state index contributed by atoms with van der Waals surface area (Å²) in [6, 6.07) is 0.656. The van der Waals surface area contributed by atoms with Crippen molar-refractivity contribution in [1.82, 2.24) is 15.1 Å². The lowest BCUT2D eigenvalue weighted by molar-refractivity contribution is 0.428. The molecule has 1 fully saturated rings. The summed E-state index contributed by atoms with van der Waals surface area (Å²) in [6.07, 6.45) is 6.43. The minimum atomic E-state index is 0.198. The van der Waals surface area contributed by atoms with Gasteiger partial charge in [0.25, 0.3) is 0 Å². The molecule has 0 unspecified atom stereocenters. The van der Waals surface area contributed by atoms with Crippen LogP contribution in [0.2, 0.25) is 0 Å². The zero-order chi connectivity index (χ0) is 14.0. The van der Waals surface area contributed by atoms with E-state index < -0.39 is 0 Å². The average molecular weight is 263 g/mol. The molecule has 1 saturated carbocycles. The number of aromatic nitrogens is 2. The lowest BCUT2D eigenvalue weighted by Crippen LogP contribution is -2.37. The molecule has 0 radical (unpaired) electrons. The predicted molar refractivity (Wildman–Crippen MR) is 80.7 cm³/mol. The highest BCUT2D eigenvalue weighted by atomic mass is 15.3. The van der Waals surface area contributed by atoms with Crippen LogP contribution in [0.5, 0.6) is 0 Å². The van der Waals surface area contributed by atoms with Gasteiger partial charge in [-0.3, -0.25) is 4.68 Å². The van der Waals surface area contributed by atoms with Gasteiger partial charge in [-0.15, -0.1) is 0 Å². The highest BCUT2D eigenvalue weighted by Crippen LogP contribution is 2.31. The van der Waals surface area contributed by atoms with E-state index in [2.05, 4.69) is 44.6 Å². The van der Waals surface area contributed by atoms with E-state index in [0.29, 0.717) is 6.04 Å². The summed E-state index contributed by atoms with van der Waals surface area (Å²) in [4.78, 5) is 0. The molecule has 1 heterocycles. The molecule has 0 aliphatic heterocycles. The topological polar surface area (TPSA) is 29.9 Å². The van der Waals surface area contributed by atoms with Gasteiger partial charge in [0.05, 0.1) is 11.7 Å². The summed E-state index contributed by atoms with van der Waals surface area (Å²) < 4.78 is 2.30. The highest BCUT2D eigenvalue weighted by Gasteiger charge is 2.22. The predicted octanol–water partition coefficient (Wildman–Crippen LogP) is 3.55. The van der Waals surface area contributed by atoms with Crippen molar-refractivity contribution in [1.29, 1.82) is 0 Å². The number of hydrogen-bond donors (Lipinski definition) is 1. The molecule has 2 rings (SSSR count). The largest absolute Gasteiger partial charge is 0.312 e. The van der Waals surface area contributed by atoms with Crippen molar-refractivity contribution in [3.8, 4) is 0 Å². The van der Waals surface area contributed by atoms with Gasteiger partial charge < -0.3 is 5.32 Å². The molecule has 0 amide bonds. The maximum absolute atomic E-state index is 4.80. The number of aryl methyl sites for hydroxylation is 1. The van der Waals surface area contributed by atoms with E-state index in [9.17, 15) is 0 Å². The Morgan fingerprint density at radius 3 is 2.42 bits per heavy atom. The fourth-order valence-corrected chi connectivity index (χ4v) is 3.13. The van der Waals surface area contributed by atoms with Gasteiger partial charge in [0.2, 0.25) is 0 Å². The third-order valence-corrected chi connectivity index (χ3v) is 4.18. The van der Waals surface area contributed by atoms with Crippen LogP contribution in [0.4, 0.5) is 0 Å². The Morgan fingerprint density at radius 2 is 1.84 bits per heavy atom. The Balaban J connectivity index is 2.04. The van der Waals surface area contributed by atoms with E-state index in [1.54, 1.807) is 0 Å². The van der Waals surface area contributed by atoms with Crippen LogP contribution in [-0.2, 0) is 6.42 Å². The first-order valence-corrected chi connectivity index (χ1v) is 7.68. The molecule has 0 bridgehead atoms. The van der Waals surface area contributed by atoms with E-state index in [4.69, 9.17) is 5.10 Å². The van der Waals surface area contributed by atoms with Crippen molar-refractivity contribution in [3.63, 3.8) is 0 Å². The molecular formula is C16H29N3. The quantitative estimate of drug-likeness (QED) is 0.900. The van der Waals surface area contributed by atoms with Crippen LogP contribution in [-0.4, -0.2) is 21.9 Å². The molecule has 1 aromatic rings. The smallest absolute Gasteiger partial charge is 0.0629 e. The summed E-state index contributed by atoms with van der Waals surface area (Å²) in [5.74, 6) is 0. The molecule has 3 heteroatoms. The third-order valence-electron chi connectivity index (χ3n) is 4.18. The second-order valence-corrected chi connectivity index (χ2v) is 6.96. The first-order chi connectivity index (χ1) is 8.88. The Kier molecular flexibility index (Phi) is 4.34. The molecule has 1 aliphatic rings. The summed E-state index contributed by atoms with van der Waals surface area (Å²) >= 11 is 0. The van der Waals surface area contributed by atoms with Gasteiger partial charge in [-0.05, 0) is 66.0 Å². The van der Waals surface area contributed by atoms with Crippen LogP contribution in [0.25, 0.3) is 0 Å². The van der Waals surface area contributed by atoms with Crippen LogP contribution in [0.15, 0.2) is 0 Å². The van der Waals surface area contributed by atoms with Crippen molar-refractivity contribution in [2.45, 2.75) is 78.3 Å². The van der Waals surface area contributed by atoms with Gasteiger partial charge in [-0.2, -0.15) is 5.10 Å². The molecule has 0 saturated heterocycles. The minimum absolute atomic E-state index is 0.198. The van der Waals surface area contributed by atoms with Gasteiger partial charge in [-0.25, -0.2) is 0 Å². The van der Waals surface area contributed by atoms with E-state index in [0.717, 1.165) is 13.0 Å². The Bertz CT molecular complexity index is 420. The maximum Gasteiger partial charge on any atom is 0.0629 e. The van der Waals surface area contributed by atoms with Crippen molar-refractivity contribution in [3.05, 3.63) is 17.0 Å². The van der Waals surface area contributed by atoms with Crippen LogP contribution in [0.1, 0.15) is 69.4 Å². The van der Waals surface area contributed by atoms with E-state index in [1.165, 1.54) is 42.6 Å². The van der Waals surface area contributed by atoms with Gasteiger partial charge in [0.1, 0.15) is 0 Å². The van der Waals surface area contributed by atoms with E-state index in [-0.39, 0.29) is 5.54 Å². The second-order valence-electron chi connectivity index (χ2n) is 6.96. The molecule has 19 heavy (non-hydrogen) atoms. The SMILES string of the molecule is Cc1nn(C2CCCC2)c(C)c1CCNC(C)(C)C. The van der Waals surface area contributed by atoms with Crippen LogP contribution < -0.4 is 5.32 Å². The standard InChI is InChI=1S/C16H29N3/c1-12-15(10-11-17-16(3,4)5)13(2)19(18-12)14-8-6-7-9-14/h14,17H,6-11H2,1-5H3. The second kappa shape index (κ2) is 5.66. The number of nitrogens with zero attached hydrogens (tertiary/aromatic N) is 2. The van der Waals surface area contributed by atoms with Crippen molar-refractivity contribution in [2.75, 3.05) is 6.54 Å². The van der Waals surface area contributed by atoms with Gasteiger partial charge in [0.15, 0.2) is 0 Å². The highest BCUT2D eigenvalue weighted by molar-refractivity contribution is 5.25. The summed E-state index contributed by atoms with van der Waals surface area (Å²) in [5, 5.41) is 8.36. The van der Waals surface area contributed by atoms with Gasteiger partial charge >= 0.3 is 0 Å². The molecule has 0 atom stereocenters. The first-order valence-electron chi connectivity index (χ1n) is 7.68. The summed E-state index contributed by atoms with van der Waals surface area (Å²) in [6.45, 7) is 12.1. The van der Waals surface area contributed by atoms with E-state index in [1.807, 2.05) is 0 Å². The lowest BCUT2D eigenvalue weighted by atomic mass is 10.1. The fourth-order valence-electron chi connectivity index (χ4n) is 3.13. The van der Waals surface area contributed by atoms with Crippen molar-refractivity contribution in [2.24, 2.45) is 0 Å². The average Bonchev–Trinajstić information content (AvgIpc) is 2.89. The Hall–Kier alpha value is -0.830. The Labute approximate surface area is 117 Å². The van der Waals surface area contributed by atoms with Crippen molar-refractivity contribution >= 4 is 0 Å². The zero-order valence-electron chi connectivity index (χ0n) is 13.2. The Morgan fingerprint density at radius 1 is 1.21 bits per heavy atom. The maximum atomic E-state index is 4.80. The molecule has 108 valence electrons. The molecule has 0 aromatic carbocycles. The number of rotatable bonds is 4. The number of nitrogens with one attached hydrogen (secondary N) is 1. The lowest BCUT2D eigenvalue weighted by Gasteiger charge is -2.20. The molecular weight excluding hydrogens is 234 g/mol. The van der Waals surface area contributed by atoms with Crippen LogP contribution in [0, 0.1) is 13.8 Å². The van der Waals surface area contributed by atoms with Crippen molar-refractivity contribution < 1.29 is 0 Å². The summed E-state index contributed by atoms with van der Waals surface area (Å²) in [5.41, 5.74) is 4.26. The molecule has 1 aliphatic carbocycles. The minimum Gasteiger partial charge on any atom is -0.312 e. The van der Waals surface area contributed by atoms with E-state index >= 15 is 0 Å². The number of hydrogen-bond acceptors (Lipinski definition) is 2. The zero-order valence-corrected chi connectivity index (χ0v) is 13.2. The monoisotopic (exact) mass is 263 g/mol. The van der Waals surface area contributed by atoms with Gasteiger partial charge in [0, 0.05) is 11.2 Å². The van der Waals surface area contributed by atoms with Crippen LogP contribution in [0.3, 0.4) is 0 Å².